The zero-order valence-corrected chi connectivity index (χ0v) is 14.5. The third kappa shape index (κ3) is 3.62. The van der Waals surface area contributed by atoms with Crippen molar-refractivity contribution in [2.45, 2.75) is 6.54 Å². The summed E-state index contributed by atoms with van der Waals surface area (Å²) in [6.07, 6.45) is 1.60. The van der Waals surface area contributed by atoms with Crippen LogP contribution >= 0.6 is 15.9 Å². The molecule has 3 aromatic rings. The van der Waals surface area contributed by atoms with Gasteiger partial charge in [-0.05, 0) is 45.8 Å². The average Bonchev–Trinajstić information content (AvgIpc) is 3.10. The number of carbonyl (C=O) groups excluding carboxylic acids is 1. The molecule has 0 spiro atoms. The van der Waals surface area contributed by atoms with E-state index in [9.17, 15) is 4.79 Å². The number of halogens is 1. The number of hydrogen-bond donors (Lipinski definition) is 1. The number of carbonyl (C=O) groups is 1. The maximum absolute atomic E-state index is 12.2. The monoisotopic (exact) mass is 386 g/mol. The zero-order valence-electron chi connectivity index (χ0n) is 12.9. The second kappa shape index (κ2) is 7.27. The van der Waals surface area contributed by atoms with Gasteiger partial charge in [0.05, 0.1) is 19.0 Å². The summed E-state index contributed by atoms with van der Waals surface area (Å²) in [7, 11) is 1.62. The molecule has 0 aliphatic heterocycles. The van der Waals surface area contributed by atoms with Crippen LogP contribution in [0.5, 0.6) is 5.75 Å². The molecule has 0 unspecified atom stereocenters. The minimum Gasteiger partial charge on any atom is -0.497 e. The first-order chi connectivity index (χ1) is 11.7. The predicted molar refractivity (Wildman–Crippen MR) is 93.2 cm³/mol. The van der Waals surface area contributed by atoms with E-state index in [1.165, 1.54) is 0 Å². The Balaban J connectivity index is 1.66. The summed E-state index contributed by atoms with van der Waals surface area (Å²) in [5.74, 6) is 0.505. The van der Waals surface area contributed by atoms with E-state index in [4.69, 9.17) is 4.74 Å². The van der Waals surface area contributed by atoms with Crippen LogP contribution < -0.4 is 10.1 Å². The van der Waals surface area contributed by atoms with Gasteiger partial charge in [-0.2, -0.15) is 0 Å². The quantitative estimate of drug-likeness (QED) is 0.731. The molecule has 1 N–H and O–H groups in total. The molecule has 0 aliphatic carbocycles. The molecule has 0 aliphatic rings. The maximum atomic E-state index is 12.2. The third-order valence-electron chi connectivity index (χ3n) is 3.44. The summed E-state index contributed by atoms with van der Waals surface area (Å²) in [4.78, 5) is 12.2. The van der Waals surface area contributed by atoms with Crippen molar-refractivity contribution in [3.8, 4) is 11.4 Å². The van der Waals surface area contributed by atoms with Crippen LogP contribution in [0.25, 0.3) is 5.69 Å². The lowest BCUT2D eigenvalue weighted by atomic mass is 10.2. The maximum Gasteiger partial charge on any atom is 0.273 e. The van der Waals surface area contributed by atoms with Crippen LogP contribution in [0, 0.1) is 0 Å². The molecule has 6 nitrogen and oxygen atoms in total. The van der Waals surface area contributed by atoms with Gasteiger partial charge in [-0.3, -0.25) is 4.79 Å². The summed E-state index contributed by atoms with van der Waals surface area (Å²) in [5, 5.41) is 10.8. The molecule has 7 heteroatoms. The Hall–Kier alpha value is -2.67. The van der Waals surface area contributed by atoms with E-state index in [1.54, 1.807) is 18.0 Å². The van der Waals surface area contributed by atoms with Crippen molar-refractivity contribution in [2.75, 3.05) is 7.11 Å². The van der Waals surface area contributed by atoms with Crippen LogP contribution in [0.4, 0.5) is 0 Å². The van der Waals surface area contributed by atoms with Crippen molar-refractivity contribution < 1.29 is 9.53 Å². The van der Waals surface area contributed by atoms with Crippen molar-refractivity contribution in [1.82, 2.24) is 20.3 Å². The number of nitrogens with one attached hydrogen (secondary N) is 1. The van der Waals surface area contributed by atoms with E-state index >= 15 is 0 Å². The lowest BCUT2D eigenvalue weighted by molar-refractivity contribution is 0.0946. The largest absolute Gasteiger partial charge is 0.497 e. The number of hydrogen-bond acceptors (Lipinski definition) is 4. The number of amides is 1. The van der Waals surface area contributed by atoms with Gasteiger partial charge in [0.1, 0.15) is 5.75 Å². The van der Waals surface area contributed by atoms with E-state index in [1.807, 2.05) is 48.5 Å². The van der Waals surface area contributed by atoms with Crippen molar-refractivity contribution in [2.24, 2.45) is 0 Å². The van der Waals surface area contributed by atoms with Crippen molar-refractivity contribution in [3.63, 3.8) is 0 Å². The van der Waals surface area contributed by atoms with Gasteiger partial charge >= 0.3 is 0 Å². The van der Waals surface area contributed by atoms with E-state index in [0.717, 1.165) is 21.5 Å². The molecule has 3 rings (SSSR count). The van der Waals surface area contributed by atoms with Gasteiger partial charge in [-0.1, -0.05) is 29.5 Å². The predicted octanol–water partition coefficient (Wildman–Crippen LogP) is 2.97. The van der Waals surface area contributed by atoms with Gasteiger partial charge in [0.25, 0.3) is 5.91 Å². The van der Waals surface area contributed by atoms with Gasteiger partial charge in [-0.15, -0.1) is 5.10 Å². The fraction of sp³-hybridized carbons (Fsp3) is 0.118. The van der Waals surface area contributed by atoms with Crippen LogP contribution in [-0.2, 0) is 6.54 Å². The van der Waals surface area contributed by atoms with E-state index in [2.05, 4.69) is 31.6 Å². The normalized spacial score (nSPS) is 10.4. The number of aromatic nitrogens is 3. The highest BCUT2D eigenvalue weighted by Crippen LogP contribution is 2.19. The van der Waals surface area contributed by atoms with Gasteiger partial charge in [0.2, 0.25) is 0 Å². The van der Waals surface area contributed by atoms with Gasteiger partial charge < -0.3 is 10.1 Å². The van der Waals surface area contributed by atoms with Crippen LogP contribution in [0.15, 0.2) is 59.2 Å². The molecule has 1 aromatic heterocycles. The second-order valence-corrected chi connectivity index (χ2v) is 5.88. The summed E-state index contributed by atoms with van der Waals surface area (Å²) in [6.45, 7) is 0.407. The molecule has 0 fully saturated rings. The fourth-order valence-electron chi connectivity index (χ4n) is 2.14. The molecule has 1 heterocycles. The minimum atomic E-state index is -0.274. The highest BCUT2D eigenvalue weighted by Gasteiger charge is 2.12. The number of ether oxygens (including phenoxy) is 1. The Bertz CT molecular complexity index is 846. The Morgan fingerprint density at radius 3 is 2.67 bits per heavy atom. The number of benzene rings is 2. The lowest BCUT2D eigenvalue weighted by Gasteiger charge is -2.04. The molecule has 0 bridgehead atoms. The molecule has 122 valence electrons. The average molecular weight is 387 g/mol. The van der Waals surface area contributed by atoms with Gasteiger partial charge in [0, 0.05) is 11.0 Å². The highest BCUT2D eigenvalue weighted by molar-refractivity contribution is 9.10. The third-order valence-corrected chi connectivity index (χ3v) is 4.11. The first-order valence-corrected chi connectivity index (χ1v) is 8.05. The summed E-state index contributed by atoms with van der Waals surface area (Å²) >= 11 is 3.45. The van der Waals surface area contributed by atoms with E-state index in [-0.39, 0.29) is 11.6 Å². The molecule has 24 heavy (non-hydrogen) atoms. The van der Waals surface area contributed by atoms with E-state index in [0.29, 0.717) is 6.54 Å². The molecule has 0 saturated heterocycles. The number of nitrogens with zero attached hydrogens (tertiary/aromatic N) is 3. The summed E-state index contributed by atoms with van der Waals surface area (Å²) in [5.41, 5.74) is 2.06. The smallest absolute Gasteiger partial charge is 0.273 e. The summed E-state index contributed by atoms with van der Waals surface area (Å²) < 4.78 is 7.54. The van der Waals surface area contributed by atoms with Crippen LogP contribution in [0.2, 0.25) is 0 Å². The van der Waals surface area contributed by atoms with Crippen molar-refractivity contribution in [1.29, 1.82) is 0 Å². The Kier molecular flexibility index (Phi) is 4.90. The lowest BCUT2D eigenvalue weighted by Crippen LogP contribution is -2.23. The molecule has 0 saturated carbocycles. The van der Waals surface area contributed by atoms with Crippen LogP contribution in [0.1, 0.15) is 16.1 Å². The Labute approximate surface area is 147 Å². The number of para-hydroxylation sites is 1. The van der Waals surface area contributed by atoms with Crippen molar-refractivity contribution >= 4 is 21.8 Å². The van der Waals surface area contributed by atoms with Crippen LogP contribution in [0.3, 0.4) is 0 Å². The van der Waals surface area contributed by atoms with Gasteiger partial charge in [0.15, 0.2) is 5.69 Å². The zero-order chi connectivity index (χ0) is 16.9. The highest BCUT2D eigenvalue weighted by atomic mass is 79.9. The second-order valence-electron chi connectivity index (χ2n) is 5.03. The van der Waals surface area contributed by atoms with Crippen LogP contribution in [-0.4, -0.2) is 28.0 Å². The molecule has 2 aromatic carbocycles. The first kappa shape index (κ1) is 16.2. The Morgan fingerprint density at radius 1 is 1.21 bits per heavy atom. The molecule has 1 amide bonds. The molecular formula is C17H15BrN4O2. The molecular weight excluding hydrogens is 372 g/mol. The topological polar surface area (TPSA) is 69.0 Å². The fourth-order valence-corrected chi connectivity index (χ4v) is 2.61. The molecule has 0 radical (unpaired) electrons. The standard InChI is InChI=1S/C17H15BrN4O2/c1-24-13-8-6-12(7-9-13)10-19-17(23)15-11-22(21-20-15)16-5-3-2-4-14(16)18/h2-9,11H,10H2,1H3,(H,19,23). The Morgan fingerprint density at radius 2 is 1.96 bits per heavy atom. The summed E-state index contributed by atoms with van der Waals surface area (Å²) in [6, 6.07) is 15.1. The molecule has 0 atom stereocenters. The van der Waals surface area contributed by atoms with Crippen molar-refractivity contribution in [3.05, 3.63) is 70.5 Å². The van der Waals surface area contributed by atoms with Gasteiger partial charge in [-0.25, -0.2) is 4.68 Å². The van der Waals surface area contributed by atoms with E-state index < -0.39 is 0 Å². The minimum absolute atomic E-state index is 0.263. The number of methoxy groups -OCH3 is 1. The first-order valence-electron chi connectivity index (χ1n) is 7.26. The number of rotatable bonds is 5. The SMILES string of the molecule is COc1ccc(CNC(=O)c2cn(-c3ccccc3Br)nn2)cc1.